The first kappa shape index (κ1) is 10.4. The van der Waals surface area contributed by atoms with Crippen molar-refractivity contribution < 1.29 is 4.42 Å². The molecule has 0 aliphatic heterocycles. The smallest absolute Gasteiger partial charge is 0.141 e. The van der Waals surface area contributed by atoms with Crippen LogP contribution in [0.5, 0.6) is 0 Å². The van der Waals surface area contributed by atoms with Crippen LogP contribution in [0.1, 0.15) is 24.6 Å². The minimum atomic E-state index is 0.115. The Kier molecular flexibility index (Phi) is 3.17. The van der Waals surface area contributed by atoms with Crippen LogP contribution in [0.4, 0.5) is 0 Å². The van der Waals surface area contributed by atoms with E-state index in [1.165, 1.54) is 6.33 Å². The Morgan fingerprint density at radius 3 is 3.13 bits per heavy atom. The normalized spacial score (nSPS) is 12.9. The maximum Gasteiger partial charge on any atom is 0.141 e. The lowest BCUT2D eigenvalue weighted by Gasteiger charge is -2.09. The highest BCUT2D eigenvalue weighted by molar-refractivity contribution is 9.10. The molecule has 0 saturated carbocycles. The molecule has 5 nitrogen and oxygen atoms in total. The summed E-state index contributed by atoms with van der Waals surface area (Å²) in [7, 11) is 0. The zero-order valence-corrected chi connectivity index (χ0v) is 9.78. The van der Waals surface area contributed by atoms with Crippen molar-refractivity contribution in [2.45, 2.75) is 19.5 Å². The molecule has 15 heavy (non-hydrogen) atoms. The van der Waals surface area contributed by atoms with Crippen molar-refractivity contribution in [3.05, 3.63) is 34.7 Å². The number of hydrogen-bond donors (Lipinski definition) is 2. The minimum Gasteiger partial charge on any atom is -0.467 e. The van der Waals surface area contributed by atoms with Gasteiger partial charge in [-0.15, -0.1) is 0 Å². The summed E-state index contributed by atoms with van der Waals surface area (Å²) >= 11 is 3.40. The molecule has 0 saturated heterocycles. The van der Waals surface area contributed by atoms with Crippen molar-refractivity contribution in [1.82, 2.24) is 20.5 Å². The molecule has 0 spiro atoms. The first-order valence-corrected chi connectivity index (χ1v) is 5.37. The first-order valence-electron chi connectivity index (χ1n) is 4.58. The highest BCUT2D eigenvalue weighted by atomic mass is 79.9. The third kappa shape index (κ3) is 2.45. The number of H-pyrrole nitrogens is 1. The molecular weight excluding hydrogens is 260 g/mol. The van der Waals surface area contributed by atoms with Gasteiger partial charge in [-0.3, -0.25) is 5.10 Å². The molecule has 0 aromatic carbocycles. The van der Waals surface area contributed by atoms with E-state index in [0.29, 0.717) is 6.54 Å². The van der Waals surface area contributed by atoms with Crippen molar-refractivity contribution >= 4 is 15.9 Å². The molecule has 1 atom stereocenters. The van der Waals surface area contributed by atoms with Gasteiger partial charge in [0, 0.05) is 0 Å². The Morgan fingerprint density at radius 2 is 2.53 bits per heavy atom. The standard InChI is InChI=1S/C9H11BrN4O/c1-6(9-12-5-13-14-9)11-4-8-7(10)2-3-15-8/h2-3,5-6,11H,4H2,1H3,(H,12,13,14). The SMILES string of the molecule is CC(NCc1occc1Br)c1ncn[nH]1. The van der Waals surface area contributed by atoms with Crippen LogP contribution in [0.3, 0.4) is 0 Å². The van der Waals surface area contributed by atoms with Crippen molar-refractivity contribution in [2.24, 2.45) is 0 Å². The van der Waals surface area contributed by atoms with E-state index >= 15 is 0 Å². The third-order valence-electron chi connectivity index (χ3n) is 2.10. The Hall–Kier alpha value is -1.14. The maximum absolute atomic E-state index is 5.28. The van der Waals surface area contributed by atoms with Gasteiger partial charge >= 0.3 is 0 Å². The fourth-order valence-electron chi connectivity index (χ4n) is 1.22. The zero-order chi connectivity index (χ0) is 10.7. The van der Waals surface area contributed by atoms with Gasteiger partial charge < -0.3 is 9.73 Å². The second-order valence-electron chi connectivity index (χ2n) is 3.17. The van der Waals surface area contributed by atoms with Crippen LogP contribution in [0, 0.1) is 0 Å². The van der Waals surface area contributed by atoms with Gasteiger partial charge in [-0.25, -0.2) is 4.98 Å². The van der Waals surface area contributed by atoms with E-state index in [2.05, 4.69) is 36.4 Å². The lowest BCUT2D eigenvalue weighted by molar-refractivity contribution is 0.452. The van der Waals surface area contributed by atoms with E-state index in [1.54, 1.807) is 6.26 Å². The molecule has 2 N–H and O–H groups in total. The summed E-state index contributed by atoms with van der Waals surface area (Å²) in [6, 6.07) is 1.99. The fourth-order valence-corrected chi connectivity index (χ4v) is 1.56. The van der Waals surface area contributed by atoms with Crippen LogP contribution >= 0.6 is 15.9 Å². The molecule has 0 amide bonds. The predicted molar refractivity (Wildman–Crippen MR) is 58.0 cm³/mol. The minimum absolute atomic E-state index is 0.115. The number of furan rings is 1. The van der Waals surface area contributed by atoms with Crippen LogP contribution in [0.2, 0.25) is 0 Å². The molecule has 0 fully saturated rings. The topological polar surface area (TPSA) is 66.7 Å². The molecule has 2 aromatic heterocycles. The van der Waals surface area contributed by atoms with Crippen molar-refractivity contribution in [2.75, 3.05) is 0 Å². The zero-order valence-electron chi connectivity index (χ0n) is 8.20. The Morgan fingerprint density at radius 1 is 1.67 bits per heavy atom. The highest BCUT2D eigenvalue weighted by Crippen LogP contribution is 2.18. The molecule has 0 bridgehead atoms. The molecule has 2 rings (SSSR count). The second kappa shape index (κ2) is 4.59. The number of aromatic amines is 1. The summed E-state index contributed by atoms with van der Waals surface area (Å²) in [5, 5.41) is 9.88. The van der Waals surface area contributed by atoms with Crippen molar-refractivity contribution in [3.63, 3.8) is 0 Å². The van der Waals surface area contributed by atoms with Gasteiger partial charge in [0.25, 0.3) is 0 Å². The van der Waals surface area contributed by atoms with E-state index in [1.807, 2.05) is 13.0 Å². The average Bonchev–Trinajstić information content (AvgIpc) is 2.85. The molecule has 2 aromatic rings. The van der Waals surface area contributed by atoms with Gasteiger partial charge in [-0.2, -0.15) is 5.10 Å². The van der Waals surface area contributed by atoms with Gasteiger partial charge in [-0.05, 0) is 28.9 Å². The van der Waals surface area contributed by atoms with Crippen LogP contribution < -0.4 is 5.32 Å². The van der Waals surface area contributed by atoms with Crippen LogP contribution in [0.25, 0.3) is 0 Å². The van der Waals surface area contributed by atoms with E-state index < -0.39 is 0 Å². The summed E-state index contributed by atoms with van der Waals surface area (Å²) in [4.78, 5) is 4.07. The predicted octanol–water partition coefficient (Wildman–Crippen LogP) is 2.01. The average molecular weight is 271 g/mol. The van der Waals surface area contributed by atoms with E-state index in [0.717, 1.165) is 16.1 Å². The van der Waals surface area contributed by atoms with Gasteiger partial charge in [0.2, 0.25) is 0 Å². The van der Waals surface area contributed by atoms with Crippen LogP contribution in [-0.2, 0) is 6.54 Å². The summed E-state index contributed by atoms with van der Waals surface area (Å²) < 4.78 is 6.25. The summed E-state index contributed by atoms with van der Waals surface area (Å²) in [6.07, 6.45) is 3.15. The number of aromatic nitrogens is 3. The quantitative estimate of drug-likeness (QED) is 0.892. The Labute approximate surface area is 95.4 Å². The fraction of sp³-hybridized carbons (Fsp3) is 0.333. The molecule has 0 radical (unpaired) electrons. The van der Waals surface area contributed by atoms with Gasteiger partial charge in [0.1, 0.15) is 17.9 Å². The Bertz CT molecular complexity index is 411. The number of rotatable bonds is 4. The largest absolute Gasteiger partial charge is 0.467 e. The molecule has 0 aliphatic carbocycles. The Balaban J connectivity index is 1.91. The highest BCUT2D eigenvalue weighted by Gasteiger charge is 2.09. The lowest BCUT2D eigenvalue weighted by Crippen LogP contribution is -2.19. The molecular formula is C9H11BrN4O. The van der Waals surface area contributed by atoms with Gasteiger partial charge in [-0.1, -0.05) is 0 Å². The molecule has 2 heterocycles. The molecule has 0 aliphatic rings. The molecule has 80 valence electrons. The van der Waals surface area contributed by atoms with E-state index in [-0.39, 0.29) is 6.04 Å². The van der Waals surface area contributed by atoms with Gasteiger partial charge in [0.05, 0.1) is 23.3 Å². The number of halogens is 1. The van der Waals surface area contributed by atoms with Crippen LogP contribution in [-0.4, -0.2) is 15.2 Å². The second-order valence-corrected chi connectivity index (χ2v) is 4.02. The van der Waals surface area contributed by atoms with Crippen molar-refractivity contribution in [1.29, 1.82) is 0 Å². The van der Waals surface area contributed by atoms with E-state index in [4.69, 9.17) is 4.42 Å². The monoisotopic (exact) mass is 270 g/mol. The van der Waals surface area contributed by atoms with Crippen molar-refractivity contribution in [3.8, 4) is 0 Å². The van der Waals surface area contributed by atoms with E-state index in [9.17, 15) is 0 Å². The summed E-state index contributed by atoms with van der Waals surface area (Å²) in [5.74, 6) is 1.69. The first-order chi connectivity index (χ1) is 7.27. The van der Waals surface area contributed by atoms with Crippen LogP contribution in [0.15, 0.2) is 27.5 Å². The third-order valence-corrected chi connectivity index (χ3v) is 2.81. The summed E-state index contributed by atoms with van der Waals surface area (Å²) in [6.45, 7) is 2.66. The number of nitrogens with zero attached hydrogens (tertiary/aromatic N) is 2. The maximum atomic E-state index is 5.28. The number of nitrogens with one attached hydrogen (secondary N) is 2. The summed E-state index contributed by atoms with van der Waals surface area (Å²) in [5.41, 5.74) is 0. The molecule has 1 unspecified atom stereocenters. The lowest BCUT2D eigenvalue weighted by atomic mass is 10.3. The molecule has 6 heteroatoms. The van der Waals surface area contributed by atoms with Gasteiger partial charge in [0.15, 0.2) is 0 Å². The number of hydrogen-bond acceptors (Lipinski definition) is 4.